The number of ether oxygens (including phenoxy) is 3. The van der Waals surface area contributed by atoms with Crippen LogP contribution in [0.2, 0.25) is 0 Å². The zero-order chi connectivity index (χ0) is 17.3. The molecule has 10 atom stereocenters. The fourth-order valence-electron chi connectivity index (χ4n) is 2.54. The lowest BCUT2D eigenvalue weighted by atomic mass is 9.97. The van der Waals surface area contributed by atoms with Crippen LogP contribution in [0, 0.1) is 0 Å². The molecule has 0 radical (unpaired) electrons. The largest absolute Gasteiger partial charge is 0.394 e. The second-order valence-electron chi connectivity index (χ2n) is 5.62. The molecule has 2 aliphatic rings. The highest BCUT2D eigenvalue weighted by atomic mass is 16.8. The minimum atomic E-state index is -1.67. The van der Waals surface area contributed by atoms with E-state index in [9.17, 15) is 25.5 Å². The van der Waals surface area contributed by atoms with Crippen LogP contribution in [0.5, 0.6) is 0 Å². The minimum Gasteiger partial charge on any atom is -0.394 e. The van der Waals surface area contributed by atoms with E-state index < -0.39 is 74.6 Å². The van der Waals surface area contributed by atoms with Crippen molar-refractivity contribution < 1.29 is 50.0 Å². The van der Waals surface area contributed by atoms with Crippen LogP contribution in [0.3, 0.4) is 0 Å². The van der Waals surface area contributed by atoms with Crippen molar-refractivity contribution in [2.45, 2.75) is 61.3 Å². The van der Waals surface area contributed by atoms with Gasteiger partial charge in [-0.25, -0.2) is 0 Å². The predicted octanol–water partition coefficient (Wildman–Crippen LogP) is -5.43. The summed E-state index contributed by atoms with van der Waals surface area (Å²) in [6, 6.07) is -1.22. The van der Waals surface area contributed by atoms with Crippen molar-refractivity contribution in [3.05, 3.63) is 0 Å². The third kappa shape index (κ3) is 3.65. The summed E-state index contributed by atoms with van der Waals surface area (Å²) in [5.74, 6) is 0. The first-order chi connectivity index (χ1) is 10.8. The highest BCUT2D eigenvalue weighted by Crippen LogP contribution is 2.27. The van der Waals surface area contributed by atoms with Crippen LogP contribution in [0.15, 0.2) is 0 Å². The maximum absolute atomic E-state index is 9.88. The Bertz CT molecular complexity index is 349. The van der Waals surface area contributed by atoms with Gasteiger partial charge >= 0.3 is 0 Å². The van der Waals surface area contributed by atoms with E-state index in [1.54, 1.807) is 0 Å². The fourth-order valence-corrected chi connectivity index (χ4v) is 2.54. The van der Waals surface area contributed by atoms with Crippen molar-refractivity contribution in [1.29, 1.82) is 0 Å². The van der Waals surface area contributed by atoms with Gasteiger partial charge in [-0.1, -0.05) is 0 Å². The van der Waals surface area contributed by atoms with Crippen LogP contribution in [0.1, 0.15) is 0 Å². The van der Waals surface area contributed by atoms with Crippen LogP contribution in [-0.2, 0) is 14.2 Å². The van der Waals surface area contributed by atoms with E-state index in [4.69, 9.17) is 30.2 Å². The first kappa shape index (κ1) is 18.9. The SMILES string of the molecule is N[C@H]1[C@H](O[C@@H]2O[C@H](CO)[C@@H](O)[C@H](O)[C@@H]2O)O[C@H](CO)[C@@H](O)[C@@H]1O. The normalized spacial score (nSPS) is 51.7. The molecule has 9 N–H and O–H groups in total. The maximum Gasteiger partial charge on any atom is 0.189 e. The number of aliphatic hydroxyl groups is 7. The van der Waals surface area contributed by atoms with E-state index in [1.165, 1.54) is 0 Å². The molecule has 0 aromatic carbocycles. The quantitative estimate of drug-likeness (QED) is 0.243. The molecule has 0 spiro atoms. The van der Waals surface area contributed by atoms with Gasteiger partial charge in [0.05, 0.1) is 19.3 Å². The zero-order valence-corrected chi connectivity index (χ0v) is 12.1. The number of rotatable bonds is 4. The third-order valence-electron chi connectivity index (χ3n) is 4.05. The fraction of sp³-hybridized carbons (Fsp3) is 1.00. The van der Waals surface area contributed by atoms with Gasteiger partial charge < -0.3 is 55.7 Å². The molecule has 0 saturated carbocycles. The molecule has 23 heavy (non-hydrogen) atoms. The summed E-state index contributed by atoms with van der Waals surface area (Å²) in [6.45, 7) is -1.25. The molecule has 2 heterocycles. The van der Waals surface area contributed by atoms with E-state index in [0.29, 0.717) is 0 Å². The van der Waals surface area contributed by atoms with E-state index in [-0.39, 0.29) is 0 Å². The van der Waals surface area contributed by atoms with E-state index in [0.717, 1.165) is 0 Å². The van der Waals surface area contributed by atoms with Crippen molar-refractivity contribution in [3.8, 4) is 0 Å². The van der Waals surface area contributed by atoms with E-state index >= 15 is 0 Å². The molecule has 0 aromatic rings. The monoisotopic (exact) mass is 341 g/mol. The average Bonchev–Trinajstić information content (AvgIpc) is 2.55. The summed E-state index contributed by atoms with van der Waals surface area (Å²) in [5.41, 5.74) is 5.68. The van der Waals surface area contributed by atoms with Crippen molar-refractivity contribution >= 4 is 0 Å². The number of aliphatic hydroxyl groups excluding tert-OH is 7. The van der Waals surface area contributed by atoms with Crippen molar-refractivity contribution in [3.63, 3.8) is 0 Å². The number of hydrogen-bond acceptors (Lipinski definition) is 11. The lowest BCUT2D eigenvalue weighted by Crippen LogP contribution is -2.65. The zero-order valence-electron chi connectivity index (χ0n) is 12.1. The first-order valence-electron chi connectivity index (χ1n) is 7.15. The van der Waals surface area contributed by atoms with E-state index in [2.05, 4.69) is 0 Å². The van der Waals surface area contributed by atoms with Gasteiger partial charge in [0.25, 0.3) is 0 Å². The van der Waals surface area contributed by atoms with Crippen LogP contribution < -0.4 is 5.73 Å². The smallest absolute Gasteiger partial charge is 0.189 e. The Hall–Kier alpha value is -0.440. The number of nitrogens with two attached hydrogens (primary N) is 1. The van der Waals surface area contributed by atoms with Crippen LogP contribution in [-0.4, -0.2) is 110 Å². The first-order valence-corrected chi connectivity index (χ1v) is 7.15. The van der Waals surface area contributed by atoms with Crippen LogP contribution in [0.4, 0.5) is 0 Å². The molecule has 2 aliphatic heterocycles. The van der Waals surface area contributed by atoms with E-state index in [1.807, 2.05) is 0 Å². The Morgan fingerprint density at radius 2 is 1.17 bits per heavy atom. The van der Waals surface area contributed by atoms with Gasteiger partial charge in [-0.3, -0.25) is 0 Å². The molecule has 0 aliphatic carbocycles. The van der Waals surface area contributed by atoms with Gasteiger partial charge in [0.1, 0.15) is 42.7 Å². The average molecular weight is 341 g/mol. The van der Waals surface area contributed by atoms with Gasteiger partial charge in [0, 0.05) is 0 Å². The van der Waals surface area contributed by atoms with Gasteiger partial charge in [0.15, 0.2) is 12.6 Å². The summed E-state index contributed by atoms with van der Waals surface area (Å²) in [4.78, 5) is 0. The van der Waals surface area contributed by atoms with Crippen molar-refractivity contribution in [1.82, 2.24) is 0 Å². The van der Waals surface area contributed by atoms with Crippen molar-refractivity contribution in [2.24, 2.45) is 5.73 Å². The Morgan fingerprint density at radius 1 is 0.696 bits per heavy atom. The molecule has 2 fully saturated rings. The lowest BCUT2D eigenvalue weighted by Gasteiger charge is -2.45. The molecule has 2 saturated heterocycles. The van der Waals surface area contributed by atoms with Gasteiger partial charge in [-0.15, -0.1) is 0 Å². The summed E-state index contributed by atoms with van der Waals surface area (Å²) in [7, 11) is 0. The molecule has 11 nitrogen and oxygen atoms in total. The minimum absolute atomic E-state index is 0.612. The summed E-state index contributed by atoms with van der Waals surface area (Å²) in [6.07, 6.45) is -13.0. The lowest BCUT2D eigenvalue weighted by molar-refractivity contribution is -0.361. The predicted molar refractivity (Wildman–Crippen MR) is 70.6 cm³/mol. The molecule has 136 valence electrons. The maximum atomic E-state index is 9.88. The topological polar surface area (TPSA) is 195 Å². The molecule has 0 amide bonds. The summed E-state index contributed by atoms with van der Waals surface area (Å²) < 4.78 is 15.6. The third-order valence-corrected chi connectivity index (χ3v) is 4.05. The molecule has 0 unspecified atom stereocenters. The molecule has 0 aromatic heterocycles. The molecule has 0 bridgehead atoms. The Labute approximate surface area is 131 Å². The molecular formula is C12H23NO10. The Morgan fingerprint density at radius 3 is 1.70 bits per heavy atom. The molecular weight excluding hydrogens is 318 g/mol. The molecule has 11 heteroatoms. The molecule has 2 rings (SSSR count). The van der Waals surface area contributed by atoms with Crippen LogP contribution >= 0.6 is 0 Å². The van der Waals surface area contributed by atoms with Gasteiger partial charge in [0.2, 0.25) is 0 Å². The van der Waals surface area contributed by atoms with Crippen molar-refractivity contribution in [2.75, 3.05) is 13.2 Å². The van der Waals surface area contributed by atoms with Gasteiger partial charge in [-0.2, -0.15) is 0 Å². The highest BCUT2D eigenvalue weighted by Gasteiger charge is 2.48. The number of hydrogen-bond donors (Lipinski definition) is 8. The standard InChI is InChI=1S/C12H23NO10/c13-5-8(18)6(16)3(1-14)21-11(5)23-12-10(20)9(19)7(17)4(2-15)22-12/h3-12,14-20H,1-2,13H2/t3-,4-,5-,6-,7-,8-,9+,10+,11+,12+/m1/s1. The Kier molecular flexibility index (Phi) is 6.27. The summed E-state index contributed by atoms with van der Waals surface area (Å²) in [5, 5.41) is 67.0. The second kappa shape index (κ2) is 7.63. The highest BCUT2D eigenvalue weighted by molar-refractivity contribution is 4.93. The Balaban J connectivity index is 2.07. The second-order valence-corrected chi connectivity index (χ2v) is 5.62. The van der Waals surface area contributed by atoms with Crippen LogP contribution in [0.25, 0.3) is 0 Å². The summed E-state index contributed by atoms with van der Waals surface area (Å²) >= 11 is 0. The van der Waals surface area contributed by atoms with Gasteiger partial charge in [-0.05, 0) is 0 Å².